The zero-order chi connectivity index (χ0) is 22.1. The van der Waals surface area contributed by atoms with Crippen molar-refractivity contribution >= 4 is 28.3 Å². The van der Waals surface area contributed by atoms with E-state index in [1.165, 1.54) is 11.3 Å². The summed E-state index contributed by atoms with van der Waals surface area (Å²) >= 11 is 1.31. The first kappa shape index (κ1) is 22.3. The molecule has 0 aliphatic heterocycles. The molecule has 0 saturated heterocycles. The fraction of sp³-hybridized carbons (Fsp3) is 0.261. The molecule has 0 unspecified atom stereocenters. The van der Waals surface area contributed by atoms with Crippen molar-refractivity contribution in [3.05, 3.63) is 70.7 Å². The van der Waals surface area contributed by atoms with Gasteiger partial charge >= 0.3 is 0 Å². The van der Waals surface area contributed by atoms with Crippen LogP contribution in [0.4, 0.5) is 5.13 Å². The van der Waals surface area contributed by atoms with E-state index in [-0.39, 0.29) is 24.7 Å². The van der Waals surface area contributed by atoms with Gasteiger partial charge in [0.05, 0.1) is 32.8 Å². The molecule has 3 aromatic rings. The fourth-order valence-corrected chi connectivity index (χ4v) is 3.73. The van der Waals surface area contributed by atoms with E-state index in [4.69, 9.17) is 9.47 Å². The van der Waals surface area contributed by atoms with E-state index in [2.05, 4.69) is 15.6 Å². The minimum atomic E-state index is -0.133. The van der Waals surface area contributed by atoms with Crippen LogP contribution in [-0.2, 0) is 28.9 Å². The number of anilines is 1. The van der Waals surface area contributed by atoms with Crippen LogP contribution in [0.2, 0.25) is 0 Å². The van der Waals surface area contributed by atoms with Gasteiger partial charge in [-0.15, -0.1) is 11.3 Å². The summed E-state index contributed by atoms with van der Waals surface area (Å²) in [7, 11) is 3.19. The van der Waals surface area contributed by atoms with Crippen molar-refractivity contribution in [2.45, 2.75) is 19.3 Å². The predicted molar refractivity (Wildman–Crippen MR) is 121 cm³/mol. The quantitative estimate of drug-likeness (QED) is 0.506. The summed E-state index contributed by atoms with van der Waals surface area (Å²) in [6, 6.07) is 15.2. The maximum atomic E-state index is 12.2. The first-order valence-corrected chi connectivity index (χ1v) is 10.7. The molecule has 0 aliphatic carbocycles. The van der Waals surface area contributed by atoms with Gasteiger partial charge in [-0.1, -0.05) is 36.4 Å². The number of thiazole rings is 1. The van der Waals surface area contributed by atoms with Crippen LogP contribution in [0.25, 0.3) is 0 Å². The van der Waals surface area contributed by atoms with Crippen LogP contribution >= 0.6 is 11.3 Å². The molecule has 1 heterocycles. The molecule has 8 heteroatoms. The lowest BCUT2D eigenvalue weighted by Crippen LogP contribution is -2.27. The first-order chi connectivity index (χ1) is 15.1. The number of hydrogen-bond acceptors (Lipinski definition) is 6. The van der Waals surface area contributed by atoms with Gasteiger partial charge in [-0.3, -0.25) is 9.59 Å². The fourth-order valence-electron chi connectivity index (χ4n) is 3.00. The zero-order valence-corrected chi connectivity index (χ0v) is 18.3. The predicted octanol–water partition coefficient (Wildman–Crippen LogP) is 3.24. The van der Waals surface area contributed by atoms with Crippen LogP contribution in [0.5, 0.6) is 11.5 Å². The van der Waals surface area contributed by atoms with Crippen molar-refractivity contribution in [2.24, 2.45) is 0 Å². The summed E-state index contributed by atoms with van der Waals surface area (Å²) in [5.74, 6) is 1.08. The molecular weight excluding hydrogens is 414 g/mol. The molecule has 0 atom stereocenters. The van der Waals surface area contributed by atoms with E-state index in [0.29, 0.717) is 35.3 Å². The van der Waals surface area contributed by atoms with Gasteiger partial charge in [0.15, 0.2) is 16.6 Å². The number of ether oxygens (including phenoxy) is 2. The number of carbonyl (C=O) groups is 2. The molecule has 1 aromatic heterocycles. The molecule has 2 aromatic carbocycles. The largest absolute Gasteiger partial charge is 0.493 e. The highest BCUT2D eigenvalue weighted by molar-refractivity contribution is 7.13. The molecule has 162 valence electrons. The van der Waals surface area contributed by atoms with Crippen LogP contribution in [0, 0.1) is 0 Å². The molecule has 0 aliphatic rings. The molecule has 0 spiro atoms. The molecule has 0 radical (unpaired) electrons. The minimum absolute atomic E-state index is 0.118. The van der Waals surface area contributed by atoms with Crippen LogP contribution < -0.4 is 20.1 Å². The lowest BCUT2D eigenvalue weighted by atomic mass is 10.1. The van der Waals surface area contributed by atoms with Gasteiger partial charge in [0.1, 0.15) is 0 Å². The Kier molecular flexibility index (Phi) is 8.00. The van der Waals surface area contributed by atoms with Crippen LogP contribution in [0.1, 0.15) is 16.8 Å². The minimum Gasteiger partial charge on any atom is -0.493 e. The number of benzene rings is 2. The van der Waals surface area contributed by atoms with Crippen molar-refractivity contribution in [1.29, 1.82) is 0 Å². The van der Waals surface area contributed by atoms with E-state index in [1.54, 1.807) is 19.6 Å². The lowest BCUT2D eigenvalue weighted by Gasteiger charge is -2.10. The Morgan fingerprint density at radius 2 is 1.71 bits per heavy atom. The van der Waals surface area contributed by atoms with E-state index >= 15 is 0 Å². The summed E-state index contributed by atoms with van der Waals surface area (Å²) in [5.41, 5.74) is 2.60. The highest BCUT2D eigenvalue weighted by atomic mass is 32.1. The highest BCUT2D eigenvalue weighted by Crippen LogP contribution is 2.27. The van der Waals surface area contributed by atoms with Crippen molar-refractivity contribution in [3.8, 4) is 11.5 Å². The second-order valence-corrected chi connectivity index (χ2v) is 7.68. The number of rotatable bonds is 10. The van der Waals surface area contributed by atoms with Crippen LogP contribution in [0.3, 0.4) is 0 Å². The Hall–Kier alpha value is -3.39. The van der Waals surface area contributed by atoms with Gasteiger partial charge in [-0.2, -0.15) is 0 Å². The molecule has 7 nitrogen and oxygen atoms in total. The van der Waals surface area contributed by atoms with Crippen molar-refractivity contribution in [1.82, 2.24) is 10.3 Å². The third kappa shape index (κ3) is 6.82. The van der Waals surface area contributed by atoms with Gasteiger partial charge in [-0.05, 0) is 29.7 Å². The second-order valence-electron chi connectivity index (χ2n) is 6.82. The third-order valence-electron chi connectivity index (χ3n) is 4.53. The maximum Gasteiger partial charge on any atom is 0.230 e. The second kappa shape index (κ2) is 11.1. The molecule has 0 bridgehead atoms. The number of aromatic nitrogens is 1. The third-order valence-corrected chi connectivity index (χ3v) is 5.34. The molecule has 2 N–H and O–H groups in total. The summed E-state index contributed by atoms with van der Waals surface area (Å²) in [5, 5.41) is 7.96. The van der Waals surface area contributed by atoms with Crippen molar-refractivity contribution in [2.75, 3.05) is 26.1 Å². The highest BCUT2D eigenvalue weighted by Gasteiger charge is 2.11. The Bertz CT molecular complexity index is 1020. The Balaban J connectivity index is 1.43. The Labute approximate surface area is 185 Å². The summed E-state index contributed by atoms with van der Waals surface area (Å²) in [6.45, 7) is 0.499. The van der Waals surface area contributed by atoms with Crippen LogP contribution in [0.15, 0.2) is 53.9 Å². The van der Waals surface area contributed by atoms with E-state index in [0.717, 1.165) is 11.1 Å². The number of amides is 2. The Morgan fingerprint density at radius 1 is 0.935 bits per heavy atom. The topological polar surface area (TPSA) is 89.6 Å². The van der Waals surface area contributed by atoms with Gasteiger partial charge in [0.2, 0.25) is 11.8 Å². The number of hydrogen-bond donors (Lipinski definition) is 2. The number of nitrogens with one attached hydrogen (secondary N) is 2. The monoisotopic (exact) mass is 439 g/mol. The van der Waals surface area contributed by atoms with E-state index in [9.17, 15) is 9.59 Å². The number of methoxy groups -OCH3 is 2. The molecule has 0 saturated carbocycles. The molecule has 31 heavy (non-hydrogen) atoms. The maximum absolute atomic E-state index is 12.2. The molecule has 3 rings (SSSR count). The molecule has 2 amide bonds. The lowest BCUT2D eigenvalue weighted by molar-refractivity contribution is -0.120. The van der Waals surface area contributed by atoms with Crippen molar-refractivity contribution in [3.63, 3.8) is 0 Å². The van der Waals surface area contributed by atoms with E-state index < -0.39 is 0 Å². The van der Waals surface area contributed by atoms with Crippen LogP contribution in [-0.4, -0.2) is 37.6 Å². The average molecular weight is 440 g/mol. The normalized spacial score (nSPS) is 10.4. The standard InChI is InChI=1S/C23H25N3O4S/c1-29-19-9-8-17(12-20(19)30-2)10-11-24-21(27)14-18-15-31-23(25-18)26-22(28)13-16-6-4-3-5-7-16/h3-9,12,15H,10-11,13-14H2,1-2H3,(H,24,27)(H,25,26,28). The van der Waals surface area contributed by atoms with Gasteiger partial charge < -0.3 is 20.1 Å². The van der Waals surface area contributed by atoms with E-state index in [1.807, 2.05) is 48.5 Å². The van der Waals surface area contributed by atoms with Gasteiger partial charge in [0.25, 0.3) is 0 Å². The number of carbonyl (C=O) groups excluding carboxylic acids is 2. The zero-order valence-electron chi connectivity index (χ0n) is 17.5. The van der Waals surface area contributed by atoms with Gasteiger partial charge in [0, 0.05) is 11.9 Å². The molecular formula is C23H25N3O4S. The summed E-state index contributed by atoms with van der Waals surface area (Å²) in [4.78, 5) is 28.7. The Morgan fingerprint density at radius 3 is 2.45 bits per heavy atom. The average Bonchev–Trinajstić information content (AvgIpc) is 3.20. The van der Waals surface area contributed by atoms with Gasteiger partial charge in [-0.25, -0.2) is 4.98 Å². The smallest absolute Gasteiger partial charge is 0.230 e. The van der Waals surface area contributed by atoms with Crippen molar-refractivity contribution < 1.29 is 19.1 Å². The summed E-state index contributed by atoms with van der Waals surface area (Å²) < 4.78 is 10.5. The number of nitrogens with zero attached hydrogens (tertiary/aromatic N) is 1. The first-order valence-electron chi connectivity index (χ1n) is 9.83. The SMILES string of the molecule is COc1ccc(CCNC(=O)Cc2csc(NC(=O)Cc3ccccc3)n2)cc1OC. The summed E-state index contributed by atoms with van der Waals surface area (Å²) in [6.07, 6.45) is 1.12. The molecule has 0 fully saturated rings.